The fourth-order valence-corrected chi connectivity index (χ4v) is 3.25. The van der Waals surface area contributed by atoms with Gasteiger partial charge in [-0.15, -0.1) is 0 Å². The number of rotatable bonds is 4. The van der Waals surface area contributed by atoms with E-state index >= 15 is 0 Å². The van der Waals surface area contributed by atoms with Gasteiger partial charge in [-0.2, -0.15) is 0 Å². The van der Waals surface area contributed by atoms with Crippen LogP contribution < -0.4 is 20.1 Å². The molecule has 0 bridgehead atoms. The lowest BCUT2D eigenvalue weighted by atomic mass is 10.0. The van der Waals surface area contributed by atoms with Crippen molar-refractivity contribution in [2.45, 2.75) is 0 Å². The van der Waals surface area contributed by atoms with Crippen molar-refractivity contribution in [3.63, 3.8) is 0 Å². The Morgan fingerprint density at radius 1 is 0.846 bits per heavy atom. The lowest BCUT2D eigenvalue weighted by Crippen LogP contribution is -2.20. The van der Waals surface area contributed by atoms with E-state index < -0.39 is 0 Å². The van der Waals surface area contributed by atoms with E-state index in [-0.39, 0.29) is 5.96 Å². The van der Waals surface area contributed by atoms with Crippen molar-refractivity contribution in [1.82, 2.24) is 0 Å². The van der Waals surface area contributed by atoms with E-state index in [1.807, 2.05) is 18.2 Å². The first kappa shape index (κ1) is 16.0. The molecule has 0 saturated heterocycles. The van der Waals surface area contributed by atoms with Gasteiger partial charge in [-0.1, -0.05) is 36.4 Å². The minimum Gasteiger partial charge on any atom is -0.493 e. The Hall–Kier alpha value is -3.47. The van der Waals surface area contributed by atoms with Crippen LogP contribution in [0.3, 0.4) is 0 Å². The molecule has 3 N–H and O–H groups in total. The summed E-state index contributed by atoms with van der Waals surface area (Å²) >= 11 is 0. The Morgan fingerprint density at radius 3 is 2.38 bits per heavy atom. The smallest absolute Gasteiger partial charge is 0.197 e. The number of anilines is 2. The fourth-order valence-electron chi connectivity index (χ4n) is 3.25. The second-order valence-corrected chi connectivity index (χ2v) is 6.00. The van der Waals surface area contributed by atoms with E-state index in [9.17, 15) is 0 Å². The van der Waals surface area contributed by atoms with E-state index in [2.05, 4.69) is 41.0 Å². The Balaban J connectivity index is 1.57. The van der Waals surface area contributed by atoms with Gasteiger partial charge in [-0.25, -0.2) is 0 Å². The fraction of sp³-hybridized carbons (Fsp3) is 0.0952. The summed E-state index contributed by atoms with van der Waals surface area (Å²) in [7, 11) is 3.19. The molecule has 130 valence electrons. The van der Waals surface area contributed by atoms with Gasteiger partial charge in [-0.05, 0) is 34.7 Å². The monoisotopic (exact) mass is 345 g/mol. The van der Waals surface area contributed by atoms with Crippen LogP contribution in [0.5, 0.6) is 11.5 Å². The third kappa shape index (κ3) is 2.73. The summed E-state index contributed by atoms with van der Waals surface area (Å²) in [6.07, 6.45) is 4.24. The molecule has 0 heterocycles. The molecular weight excluding hydrogens is 326 g/mol. The SMILES string of the molecule is COc1ccc(NC(=N)Nc2ccc3c4c(cccc24)C=C3)cc1OC. The van der Waals surface area contributed by atoms with Crippen LogP contribution in [0.25, 0.3) is 22.9 Å². The van der Waals surface area contributed by atoms with Gasteiger partial charge in [0.15, 0.2) is 17.5 Å². The highest BCUT2D eigenvalue weighted by Gasteiger charge is 2.12. The zero-order valence-corrected chi connectivity index (χ0v) is 14.6. The minimum atomic E-state index is 0.184. The first-order valence-corrected chi connectivity index (χ1v) is 8.28. The zero-order valence-electron chi connectivity index (χ0n) is 14.6. The molecule has 0 atom stereocenters. The molecule has 0 saturated carbocycles. The van der Waals surface area contributed by atoms with Gasteiger partial charge >= 0.3 is 0 Å². The number of hydrogen-bond donors (Lipinski definition) is 3. The summed E-state index contributed by atoms with van der Waals surface area (Å²) in [5, 5.41) is 16.8. The Morgan fingerprint density at radius 2 is 1.62 bits per heavy atom. The van der Waals surface area contributed by atoms with Crippen LogP contribution in [0, 0.1) is 5.41 Å². The lowest BCUT2D eigenvalue weighted by Gasteiger charge is -2.15. The van der Waals surface area contributed by atoms with Gasteiger partial charge in [0.1, 0.15) is 0 Å². The average Bonchev–Trinajstić information content (AvgIpc) is 3.08. The molecule has 4 rings (SSSR count). The van der Waals surface area contributed by atoms with Gasteiger partial charge in [0.25, 0.3) is 0 Å². The Bertz CT molecular complexity index is 1030. The molecule has 0 aliphatic heterocycles. The number of methoxy groups -OCH3 is 2. The van der Waals surface area contributed by atoms with Gasteiger partial charge in [0.2, 0.25) is 0 Å². The first-order chi connectivity index (χ1) is 12.7. The highest BCUT2D eigenvalue weighted by molar-refractivity contribution is 6.13. The molecule has 3 aromatic rings. The van der Waals surface area contributed by atoms with E-state index in [0.717, 1.165) is 16.8 Å². The standard InChI is InChI=1S/C21H19N3O2/c1-25-18-11-9-15(12-19(18)26-2)23-21(22)24-17-10-8-14-7-6-13-4-3-5-16(17)20(13)14/h3-12H,1-2H3,(H3,22,23,24). The van der Waals surface area contributed by atoms with Crippen LogP contribution >= 0.6 is 0 Å². The molecule has 0 unspecified atom stereocenters. The molecule has 26 heavy (non-hydrogen) atoms. The van der Waals surface area contributed by atoms with Crippen molar-refractivity contribution in [2.75, 3.05) is 24.9 Å². The summed E-state index contributed by atoms with van der Waals surface area (Å²) in [4.78, 5) is 0. The summed E-state index contributed by atoms with van der Waals surface area (Å²) in [5.74, 6) is 1.45. The number of hydrogen-bond acceptors (Lipinski definition) is 3. The zero-order chi connectivity index (χ0) is 18.1. The largest absolute Gasteiger partial charge is 0.493 e. The maximum atomic E-state index is 8.28. The van der Waals surface area contributed by atoms with Crippen LogP contribution in [0.15, 0.2) is 48.5 Å². The number of guanidine groups is 1. The minimum absolute atomic E-state index is 0.184. The molecule has 0 radical (unpaired) electrons. The predicted octanol–water partition coefficient (Wildman–Crippen LogP) is 4.80. The molecular formula is C21H19N3O2. The molecule has 3 aromatic carbocycles. The summed E-state index contributed by atoms with van der Waals surface area (Å²) in [6, 6.07) is 15.7. The van der Waals surface area contributed by atoms with Crippen molar-refractivity contribution in [3.05, 3.63) is 59.7 Å². The van der Waals surface area contributed by atoms with E-state index in [4.69, 9.17) is 14.9 Å². The molecule has 0 fully saturated rings. The number of ether oxygens (including phenoxy) is 2. The Labute approximate surface area is 151 Å². The van der Waals surface area contributed by atoms with Gasteiger partial charge in [-0.3, -0.25) is 5.41 Å². The van der Waals surface area contributed by atoms with Crippen LogP contribution in [-0.4, -0.2) is 20.2 Å². The highest BCUT2D eigenvalue weighted by Crippen LogP contribution is 2.35. The van der Waals surface area contributed by atoms with E-state index in [1.165, 1.54) is 16.5 Å². The highest BCUT2D eigenvalue weighted by atomic mass is 16.5. The van der Waals surface area contributed by atoms with Crippen LogP contribution in [-0.2, 0) is 0 Å². The molecule has 0 amide bonds. The van der Waals surface area contributed by atoms with Gasteiger partial charge in [0, 0.05) is 22.8 Å². The summed E-state index contributed by atoms with van der Waals surface area (Å²) < 4.78 is 10.5. The first-order valence-electron chi connectivity index (χ1n) is 8.28. The van der Waals surface area contributed by atoms with Crippen LogP contribution in [0.4, 0.5) is 11.4 Å². The van der Waals surface area contributed by atoms with E-state index in [1.54, 1.807) is 26.4 Å². The summed E-state index contributed by atoms with van der Waals surface area (Å²) in [6.45, 7) is 0. The normalized spacial score (nSPS) is 11.5. The molecule has 5 nitrogen and oxygen atoms in total. The molecule has 1 aliphatic carbocycles. The maximum Gasteiger partial charge on any atom is 0.197 e. The molecule has 0 spiro atoms. The van der Waals surface area contributed by atoms with E-state index in [0.29, 0.717) is 11.5 Å². The van der Waals surface area contributed by atoms with Crippen LogP contribution in [0.1, 0.15) is 11.1 Å². The predicted molar refractivity (Wildman–Crippen MR) is 107 cm³/mol. The topological polar surface area (TPSA) is 66.4 Å². The van der Waals surface area contributed by atoms with Gasteiger partial charge < -0.3 is 20.1 Å². The van der Waals surface area contributed by atoms with Crippen molar-refractivity contribution >= 4 is 40.3 Å². The van der Waals surface area contributed by atoms with Crippen molar-refractivity contribution in [1.29, 1.82) is 5.41 Å². The second kappa shape index (κ2) is 6.44. The third-order valence-electron chi connectivity index (χ3n) is 4.46. The third-order valence-corrected chi connectivity index (χ3v) is 4.46. The lowest BCUT2D eigenvalue weighted by molar-refractivity contribution is 0.355. The number of benzene rings is 3. The summed E-state index contributed by atoms with van der Waals surface area (Å²) in [5.41, 5.74) is 4.06. The second-order valence-electron chi connectivity index (χ2n) is 6.00. The van der Waals surface area contributed by atoms with Crippen LogP contribution in [0.2, 0.25) is 0 Å². The molecule has 1 aliphatic rings. The molecule has 0 aromatic heterocycles. The van der Waals surface area contributed by atoms with Crippen molar-refractivity contribution in [2.24, 2.45) is 0 Å². The van der Waals surface area contributed by atoms with Crippen molar-refractivity contribution in [3.8, 4) is 11.5 Å². The quantitative estimate of drug-likeness (QED) is 0.367. The molecule has 5 heteroatoms. The average molecular weight is 345 g/mol. The number of nitrogens with one attached hydrogen (secondary N) is 3. The maximum absolute atomic E-state index is 8.28. The van der Waals surface area contributed by atoms with Crippen molar-refractivity contribution < 1.29 is 9.47 Å². The Kier molecular flexibility index (Phi) is 3.97. The van der Waals surface area contributed by atoms with Gasteiger partial charge in [0.05, 0.1) is 14.2 Å².